The van der Waals surface area contributed by atoms with Crippen molar-refractivity contribution < 1.29 is 17.5 Å². The molecule has 0 saturated carbocycles. The summed E-state index contributed by atoms with van der Waals surface area (Å²) >= 11 is 3.67. The molecule has 3 aromatic heterocycles. The van der Waals surface area contributed by atoms with Crippen LogP contribution in [0.25, 0.3) is 22.2 Å². The second-order valence-electron chi connectivity index (χ2n) is 9.37. The van der Waals surface area contributed by atoms with Crippen molar-refractivity contribution in [1.82, 2.24) is 24.8 Å². The van der Waals surface area contributed by atoms with E-state index >= 15 is 4.39 Å². The van der Waals surface area contributed by atoms with E-state index in [-0.39, 0.29) is 17.3 Å². The standard InChI is InChI=1S/C29H28BrFN6O3S/c1-19-7-5-10-24(36-19)40-23-12-11-20(17-22(23)31)25-26-28(32)34-18-35-29(26)37(27(25)30)15-14-33-13-6-16-41(38,39)21-8-3-2-4-9-21/h2-5,7-12,17-18,33H,6,13-16H2,1H3,(H2,32,34,35). The average Bonchev–Trinajstić information content (AvgIpc) is 3.24. The molecule has 0 amide bonds. The van der Waals surface area contributed by atoms with Gasteiger partial charge in [-0.3, -0.25) is 0 Å². The van der Waals surface area contributed by atoms with Gasteiger partial charge in [-0.05, 0) is 71.7 Å². The van der Waals surface area contributed by atoms with Gasteiger partial charge in [0, 0.05) is 30.4 Å². The van der Waals surface area contributed by atoms with E-state index < -0.39 is 15.7 Å². The summed E-state index contributed by atoms with van der Waals surface area (Å²) in [6.45, 7) is 3.40. The molecule has 0 aliphatic rings. The lowest BCUT2D eigenvalue weighted by molar-refractivity contribution is 0.427. The first kappa shape index (κ1) is 28.7. The zero-order chi connectivity index (χ0) is 29.0. The van der Waals surface area contributed by atoms with Crippen molar-refractivity contribution in [1.29, 1.82) is 0 Å². The summed E-state index contributed by atoms with van der Waals surface area (Å²) in [7, 11) is -3.32. The maximum Gasteiger partial charge on any atom is 0.219 e. The van der Waals surface area contributed by atoms with Crippen LogP contribution in [0.5, 0.6) is 11.6 Å². The third kappa shape index (κ3) is 6.39. The second kappa shape index (κ2) is 12.3. The van der Waals surface area contributed by atoms with Crippen LogP contribution in [-0.2, 0) is 16.4 Å². The van der Waals surface area contributed by atoms with E-state index in [1.807, 2.05) is 17.6 Å². The molecular formula is C29H28BrFN6O3S. The lowest BCUT2D eigenvalue weighted by atomic mass is 10.1. The number of rotatable bonds is 11. The molecule has 0 atom stereocenters. The maximum absolute atomic E-state index is 15.2. The fourth-order valence-electron chi connectivity index (χ4n) is 4.51. The van der Waals surface area contributed by atoms with Gasteiger partial charge in [0.1, 0.15) is 17.8 Å². The van der Waals surface area contributed by atoms with Gasteiger partial charge in [-0.25, -0.2) is 27.8 Å². The molecular weight excluding hydrogens is 611 g/mol. The van der Waals surface area contributed by atoms with E-state index in [0.29, 0.717) is 63.6 Å². The molecule has 0 unspecified atom stereocenters. The number of nitrogen functional groups attached to an aromatic ring is 1. The molecule has 41 heavy (non-hydrogen) atoms. The van der Waals surface area contributed by atoms with Gasteiger partial charge in [0.15, 0.2) is 21.4 Å². The lowest BCUT2D eigenvalue weighted by Gasteiger charge is -2.10. The van der Waals surface area contributed by atoms with E-state index in [9.17, 15) is 8.42 Å². The van der Waals surface area contributed by atoms with Crippen LogP contribution in [0, 0.1) is 12.7 Å². The van der Waals surface area contributed by atoms with Crippen molar-refractivity contribution >= 4 is 42.6 Å². The number of sulfone groups is 1. The van der Waals surface area contributed by atoms with Gasteiger partial charge in [-0.15, -0.1) is 0 Å². The highest BCUT2D eigenvalue weighted by Gasteiger charge is 2.22. The van der Waals surface area contributed by atoms with E-state index in [1.165, 1.54) is 12.4 Å². The molecule has 5 aromatic rings. The zero-order valence-electron chi connectivity index (χ0n) is 22.2. The number of nitrogens with two attached hydrogens (primary N) is 1. The number of ether oxygens (including phenoxy) is 1. The van der Waals surface area contributed by atoms with Crippen LogP contribution < -0.4 is 15.8 Å². The summed E-state index contributed by atoms with van der Waals surface area (Å²) in [5.41, 5.74) is 8.85. The Balaban J connectivity index is 1.30. The van der Waals surface area contributed by atoms with E-state index in [4.69, 9.17) is 10.5 Å². The van der Waals surface area contributed by atoms with Gasteiger partial charge in [-0.1, -0.05) is 30.3 Å². The molecule has 3 N–H and O–H groups in total. The van der Waals surface area contributed by atoms with Crippen LogP contribution in [0.15, 0.2) is 82.6 Å². The Hall–Kier alpha value is -3.87. The number of anilines is 1. The van der Waals surface area contributed by atoms with Crippen LogP contribution in [0.4, 0.5) is 10.2 Å². The highest BCUT2D eigenvalue weighted by molar-refractivity contribution is 9.10. The van der Waals surface area contributed by atoms with Crippen molar-refractivity contribution in [2.24, 2.45) is 0 Å². The Morgan fingerprint density at radius 1 is 1.05 bits per heavy atom. The predicted octanol–water partition coefficient (Wildman–Crippen LogP) is 5.53. The molecule has 0 radical (unpaired) electrons. The van der Waals surface area contributed by atoms with Gasteiger partial charge in [-0.2, -0.15) is 0 Å². The minimum Gasteiger partial charge on any atom is -0.436 e. The number of hydrogen-bond acceptors (Lipinski definition) is 8. The molecule has 9 nitrogen and oxygen atoms in total. The van der Waals surface area contributed by atoms with E-state index in [2.05, 4.69) is 36.2 Å². The highest BCUT2D eigenvalue weighted by Crippen LogP contribution is 2.41. The zero-order valence-corrected chi connectivity index (χ0v) is 24.6. The largest absolute Gasteiger partial charge is 0.436 e. The number of hydrogen-bond donors (Lipinski definition) is 2. The summed E-state index contributed by atoms with van der Waals surface area (Å²) in [4.78, 5) is 13.2. The van der Waals surface area contributed by atoms with Gasteiger partial charge in [0.2, 0.25) is 5.88 Å². The Labute approximate surface area is 245 Å². The van der Waals surface area contributed by atoms with Crippen molar-refractivity contribution in [3.63, 3.8) is 0 Å². The van der Waals surface area contributed by atoms with Gasteiger partial charge >= 0.3 is 0 Å². The summed E-state index contributed by atoms with van der Waals surface area (Å²) in [5, 5.41) is 3.89. The van der Waals surface area contributed by atoms with Crippen LogP contribution in [0.2, 0.25) is 0 Å². The minimum absolute atomic E-state index is 0.0504. The quantitative estimate of drug-likeness (QED) is 0.181. The summed E-state index contributed by atoms with van der Waals surface area (Å²) in [5.74, 6) is 0.125. The number of pyridine rings is 1. The minimum atomic E-state index is -3.32. The first-order valence-electron chi connectivity index (χ1n) is 12.9. The SMILES string of the molecule is Cc1cccc(Oc2ccc(-c3c(Br)n(CCNCCCS(=O)(=O)c4ccccc4)c4ncnc(N)c34)cc2F)n1. The number of nitrogens with zero attached hydrogens (tertiary/aromatic N) is 4. The molecule has 5 rings (SSSR count). The Kier molecular flexibility index (Phi) is 8.62. The first-order valence-corrected chi connectivity index (χ1v) is 15.4. The number of nitrogens with one attached hydrogen (secondary N) is 1. The van der Waals surface area contributed by atoms with Gasteiger partial charge in [0.05, 0.1) is 20.6 Å². The molecule has 0 fully saturated rings. The van der Waals surface area contributed by atoms with Crippen molar-refractivity contribution in [2.45, 2.75) is 24.8 Å². The molecule has 12 heteroatoms. The van der Waals surface area contributed by atoms with Crippen molar-refractivity contribution in [3.8, 4) is 22.8 Å². The molecule has 0 aliphatic carbocycles. The van der Waals surface area contributed by atoms with Crippen LogP contribution in [-0.4, -0.2) is 46.8 Å². The first-order chi connectivity index (χ1) is 19.7. The Morgan fingerprint density at radius 3 is 2.61 bits per heavy atom. The molecule has 0 aliphatic heterocycles. The topological polar surface area (TPSA) is 125 Å². The summed E-state index contributed by atoms with van der Waals surface area (Å²) in [6.07, 6.45) is 1.86. The average molecular weight is 640 g/mol. The van der Waals surface area contributed by atoms with E-state index in [0.717, 1.165) is 5.69 Å². The number of aromatic nitrogens is 4. The number of halogens is 2. The van der Waals surface area contributed by atoms with Crippen molar-refractivity contribution in [2.75, 3.05) is 24.6 Å². The van der Waals surface area contributed by atoms with Crippen LogP contribution >= 0.6 is 15.9 Å². The number of fused-ring (bicyclic) bond motifs is 1. The monoisotopic (exact) mass is 638 g/mol. The summed E-state index contributed by atoms with van der Waals surface area (Å²) in [6, 6.07) is 18.4. The van der Waals surface area contributed by atoms with Crippen LogP contribution in [0.1, 0.15) is 12.1 Å². The number of aryl methyl sites for hydroxylation is 1. The molecule has 3 heterocycles. The normalized spacial score (nSPS) is 11.7. The van der Waals surface area contributed by atoms with Crippen molar-refractivity contribution in [3.05, 3.63) is 89.2 Å². The Morgan fingerprint density at radius 2 is 1.85 bits per heavy atom. The third-order valence-electron chi connectivity index (χ3n) is 6.48. The fraction of sp³-hybridized carbons (Fsp3) is 0.207. The van der Waals surface area contributed by atoms with Gasteiger partial charge < -0.3 is 20.4 Å². The van der Waals surface area contributed by atoms with E-state index in [1.54, 1.807) is 54.6 Å². The molecule has 0 bridgehead atoms. The lowest BCUT2D eigenvalue weighted by Crippen LogP contribution is -2.23. The molecule has 0 spiro atoms. The van der Waals surface area contributed by atoms with Crippen LogP contribution in [0.3, 0.4) is 0 Å². The predicted molar refractivity (Wildman–Crippen MR) is 160 cm³/mol. The summed E-state index contributed by atoms with van der Waals surface area (Å²) < 4.78 is 48.4. The fourth-order valence-corrected chi connectivity index (χ4v) is 6.61. The Bertz CT molecular complexity index is 1800. The smallest absolute Gasteiger partial charge is 0.219 e. The third-order valence-corrected chi connectivity index (χ3v) is 9.13. The molecule has 2 aromatic carbocycles. The highest BCUT2D eigenvalue weighted by atomic mass is 79.9. The second-order valence-corrected chi connectivity index (χ2v) is 12.2. The molecule has 0 saturated heterocycles. The van der Waals surface area contributed by atoms with Gasteiger partial charge in [0.25, 0.3) is 0 Å². The molecule has 212 valence electrons. The number of benzene rings is 2. The maximum atomic E-state index is 15.2.